The van der Waals surface area contributed by atoms with Crippen molar-refractivity contribution in [2.45, 2.75) is 13.2 Å². The van der Waals surface area contributed by atoms with Gasteiger partial charge in [-0.3, -0.25) is 4.98 Å². The third kappa shape index (κ3) is 3.51. The van der Waals surface area contributed by atoms with Crippen LogP contribution in [0.1, 0.15) is 11.1 Å². The normalized spacial score (nSPS) is 10.5. The Hall–Kier alpha value is -1.00. The van der Waals surface area contributed by atoms with E-state index in [1.807, 2.05) is 0 Å². The molecule has 1 heterocycles. The zero-order valence-corrected chi connectivity index (χ0v) is 12.0. The Morgan fingerprint density at radius 2 is 1.89 bits per heavy atom. The topological polar surface area (TPSA) is 42.4 Å². The third-order valence-corrected chi connectivity index (χ3v) is 3.32. The molecule has 0 aliphatic carbocycles. The van der Waals surface area contributed by atoms with Gasteiger partial charge < -0.3 is 9.84 Å². The number of aromatic nitrogens is 1. The average molecular weight is 319 g/mol. The van der Waals surface area contributed by atoms with Crippen molar-refractivity contribution >= 4 is 34.8 Å². The molecule has 2 aromatic rings. The van der Waals surface area contributed by atoms with Gasteiger partial charge in [-0.05, 0) is 18.2 Å². The summed E-state index contributed by atoms with van der Waals surface area (Å²) in [5.74, 6) is 0.404. The lowest BCUT2D eigenvalue weighted by atomic mass is 10.2. The Bertz CT molecular complexity index is 590. The highest BCUT2D eigenvalue weighted by Crippen LogP contribution is 2.33. The van der Waals surface area contributed by atoms with Crippen LogP contribution in [-0.4, -0.2) is 10.1 Å². The Labute approximate surface area is 125 Å². The Morgan fingerprint density at radius 3 is 2.58 bits per heavy atom. The smallest absolute Gasteiger partial charge is 0.144 e. The lowest BCUT2D eigenvalue weighted by molar-refractivity contribution is 0.259. The maximum atomic E-state index is 9.29. The largest absolute Gasteiger partial charge is 0.487 e. The zero-order chi connectivity index (χ0) is 13.8. The van der Waals surface area contributed by atoms with E-state index < -0.39 is 0 Å². The predicted octanol–water partition coefficient (Wildman–Crippen LogP) is 4.11. The molecule has 1 aromatic heterocycles. The number of hydrogen-bond acceptors (Lipinski definition) is 3. The number of aliphatic hydroxyl groups is 1. The molecule has 0 amide bonds. The van der Waals surface area contributed by atoms with Crippen LogP contribution in [0.2, 0.25) is 15.1 Å². The van der Waals surface area contributed by atoms with Crippen molar-refractivity contribution in [1.82, 2.24) is 4.98 Å². The molecule has 2 rings (SSSR count). The first kappa shape index (κ1) is 14.4. The molecule has 0 fully saturated rings. The summed E-state index contributed by atoms with van der Waals surface area (Å²) in [6.45, 7) is 0.0232. The monoisotopic (exact) mass is 317 g/mol. The second-order valence-electron chi connectivity index (χ2n) is 3.79. The minimum atomic E-state index is -0.209. The van der Waals surface area contributed by atoms with Crippen molar-refractivity contribution in [3.8, 4) is 5.75 Å². The SMILES string of the molecule is OCc1cc(Cl)cc(Cl)c1OCc1ccncc1Cl. The second-order valence-corrected chi connectivity index (χ2v) is 5.04. The highest BCUT2D eigenvalue weighted by atomic mass is 35.5. The molecule has 0 aliphatic heterocycles. The summed E-state index contributed by atoms with van der Waals surface area (Å²) in [6, 6.07) is 4.92. The maximum absolute atomic E-state index is 9.29. The summed E-state index contributed by atoms with van der Waals surface area (Å²) in [5.41, 5.74) is 1.31. The van der Waals surface area contributed by atoms with Crippen molar-refractivity contribution < 1.29 is 9.84 Å². The van der Waals surface area contributed by atoms with E-state index in [2.05, 4.69) is 4.98 Å². The van der Waals surface area contributed by atoms with Gasteiger partial charge >= 0.3 is 0 Å². The van der Waals surface area contributed by atoms with Crippen LogP contribution in [0, 0.1) is 0 Å². The Morgan fingerprint density at radius 1 is 1.11 bits per heavy atom. The van der Waals surface area contributed by atoms with Gasteiger partial charge in [-0.15, -0.1) is 0 Å². The molecule has 0 unspecified atom stereocenters. The van der Waals surface area contributed by atoms with Crippen LogP contribution < -0.4 is 4.74 Å². The minimum absolute atomic E-state index is 0.209. The van der Waals surface area contributed by atoms with Crippen molar-refractivity contribution in [3.63, 3.8) is 0 Å². The van der Waals surface area contributed by atoms with Crippen molar-refractivity contribution in [3.05, 3.63) is 56.8 Å². The van der Waals surface area contributed by atoms with Crippen molar-refractivity contribution in [2.24, 2.45) is 0 Å². The first-order chi connectivity index (χ1) is 9.11. The van der Waals surface area contributed by atoms with Crippen LogP contribution >= 0.6 is 34.8 Å². The number of halogens is 3. The summed E-state index contributed by atoms with van der Waals surface area (Å²) < 4.78 is 5.62. The summed E-state index contributed by atoms with van der Waals surface area (Å²) in [6.07, 6.45) is 3.16. The fraction of sp³-hybridized carbons (Fsp3) is 0.154. The second kappa shape index (κ2) is 6.44. The fourth-order valence-electron chi connectivity index (χ4n) is 1.56. The van der Waals surface area contributed by atoms with Crippen LogP contribution in [0.4, 0.5) is 0 Å². The van der Waals surface area contributed by atoms with E-state index >= 15 is 0 Å². The summed E-state index contributed by atoms with van der Waals surface area (Å²) in [5, 5.41) is 10.6. The summed E-state index contributed by atoms with van der Waals surface area (Å²) in [7, 11) is 0. The Kier molecular flexibility index (Phi) is 4.88. The van der Waals surface area contributed by atoms with Gasteiger partial charge in [0.05, 0.1) is 16.7 Å². The number of aliphatic hydroxyl groups excluding tert-OH is 1. The number of ether oxygens (including phenoxy) is 1. The van der Waals surface area contributed by atoms with Gasteiger partial charge in [0, 0.05) is 28.5 Å². The molecule has 0 saturated carbocycles. The molecule has 6 heteroatoms. The first-order valence-electron chi connectivity index (χ1n) is 5.41. The molecule has 100 valence electrons. The summed E-state index contributed by atoms with van der Waals surface area (Å²) in [4.78, 5) is 3.89. The van der Waals surface area contributed by atoms with Crippen LogP contribution in [-0.2, 0) is 13.2 Å². The molecule has 0 atom stereocenters. The Balaban J connectivity index is 2.22. The quantitative estimate of drug-likeness (QED) is 0.922. The van der Waals surface area contributed by atoms with Crippen molar-refractivity contribution in [1.29, 1.82) is 0 Å². The molecule has 1 aromatic carbocycles. The van der Waals surface area contributed by atoms with E-state index in [1.54, 1.807) is 24.4 Å². The molecule has 0 radical (unpaired) electrons. The van der Waals surface area contributed by atoms with E-state index in [0.717, 1.165) is 5.56 Å². The number of pyridine rings is 1. The molecule has 1 N–H and O–H groups in total. The number of benzene rings is 1. The van der Waals surface area contributed by atoms with Crippen LogP contribution in [0.25, 0.3) is 0 Å². The molecule has 0 spiro atoms. The van der Waals surface area contributed by atoms with E-state index in [0.29, 0.717) is 26.4 Å². The van der Waals surface area contributed by atoms with E-state index in [1.165, 1.54) is 6.20 Å². The van der Waals surface area contributed by atoms with Crippen LogP contribution in [0.15, 0.2) is 30.6 Å². The zero-order valence-electron chi connectivity index (χ0n) is 9.74. The van der Waals surface area contributed by atoms with Gasteiger partial charge in [0.2, 0.25) is 0 Å². The standard InChI is InChI=1S/C13H10Cl3NO2/c14-10-3-9(6-18)13(11(15)4-10)19-7-8-1-2-17-5-12(8)16/h1-5,18H,6-7H2. The first-order valence-corrected chi connectivity index (χ1v) is 6.55. The highest BCUT2D eigenvalue weighted by Gasteiger charge is 2.11. The van der Waals surface area contributed by atoms with E-state index in [-0.39, 0.29) is 13.2 Å². The number of nitrogens with zero attached hydrogens (tertiary/aromatic N) is 1. The molecule has 0 bridgehead atoms. The molecule has 3 nitrogen and oxygen atoms in total. The lowest BCUT2D eigenvalue weighted by Crippen LogP contribution is -2.00. The van der Waals surface area contributed by atoms with Crippen LogP contribution in [0.3, 0.4) is 0 Å². The van der Waals surface area contributed by atoms with Crippen LogP contribution in [0.5, 0.6) is 5.75 Å². The lowest BCUT2D eigenvalue weighted by Gasteiger charge is -2.13. The highest BCUT2D eigenvalue weighted by molar-refractivity contribution is 6.35. The number of rotatable bonds is 4. The van der Waals surface area contributed by atoms with Gasteiger partial charge in [0.25, 0.3) is 0 Å². The third-order valence-electron chi connectivity index (χ3n) is 2.48. The fourth-order valence-corrected chi connectivity index (χ4v) is 2.33. The van der Waals surface area contributed by atoms with Crippen molar-refractivity contribution in [2.75, 3.05) is 0 Å². The molecule has 0 saturated heterocycles. The van der Waals surface area contributed by atoms with Gasteiger partial charge in [0.1, 0.15) is 12.4 Å². The van der Waals surface area contributed by atoms with Gasteiger partial charge in [0.15, 0.2) is 0 Å². The minimum Gasteiger partial charge on any atom is -0.487 e. The van der Waals surface area contributed by atoms with E-state index in [9.17, 15) is 5.11 Å². The van der Waals surface area contributed by atoms with Gasteiger partial charge in [-0.25, -0.2) is 0 Å². The van der Waals surface area contributed by atoms with E-state index in [4.69, 9.17) is 39.5 Å². The molecular weight excluding hydrogens is 309 g/mol. The van der Waals surface area contributed by atoms with Gasteiger partial charge in [-0.2, -0.15) is 0 Å². The maximum Gasteiger partial charge on any atom is 0.144 e. The predicted molar refractivity (Wildman–Crippen MR) is 76.0 cm³/mol. The molecule has 19 heavy (non-hydrogen) atoms. The molecular formula is C13H10Cl3NO2. The summed E-state index contributed by atoms with van der Waals surface area (Å²) >= 11 is 17.9. The number of hydrogen-bond donors (Lipinski definition) is 1. The molecule has 0 aliphatic rings. The van der Waals surface area contributed by atoms with Gasteiger partial charge in [-0.1, -0.05) is 34.8 Å². The average Bonchev–Trinajstić information content (AvgIpc) is 2.38.